The van der Waals surface area contributed by atoms with Crippen molar-refractivity contribution in [3.8, 4) is 23.7 Å². The maximum Gasteiger partial charge on any atom is 0.191 e. The lowest BCUT2D eigenvalue weighted by atomic mass is 9.82. The lowest BCUT2D eigenvalue weighted by molar-refractivity contribution is -0.239. The fraction of sp³-hybridized carbons (Fsp3) is 0.480. The van der Waals surface area contributed by atoms with Crippen LogP contribution in [0, 0.1) is 23.7 Å². The Morgan fingerprint density at radius 3 is 2.53 bits per heavy atom. The van der Waals surface area contributed by atoms with Gasteiger partial charge in [0.05, 0.1) is 24.4 Å². The average molecular weight is 437 g/mol. The Balaban J connectivity index is 1.61. The SMILES string of the molecule is OC[C@H]1O[C@H](C#Cc2cnn(C3CCCCC3)c2)[C@](O)(C#Cc2ccccc2)[C@@H](O)[C@@H]1O. The molecule has 1 saturated heterocycles. The molecule has 0 bridgehead atoms. The zero-order valence-corrected chi connectivity index (χ0v) is 17.8. The minimum absolute atomic E-state index is 0.370. The Morgan fingerprint density at radius 1 is 1.06 bits per heavy atom. The minimum atomic E-state index is -2.15. The first kappa shape index (κ1) is 22.5. The van der Waals surface area contributed by atoms with Crippen LogP contribution in [-0.2, 0) is 4.74 Å². The fourth-order valence-electron chi connectivity index (χ4n) is 4.20. The van der Waals surface area contributed by atoms with E-state index in [0.717, 1.165) is 12.8 Å². The van der Waals surface area contributed by atoms with Crippen molar-refractivity contribution in [3.63, 3.8) is 0 Å². The molecular weight excluding hydrogens is 408 g/mol. The van der Waals surface area contributed by atoms with Crippen LogP contribution in [0.5, 0.6) is 0 Å². The third-order valence-corrected chi connectivity index (χ3v) is 6.12. The fourth-order valence-corrected chi connectivity index (χ4v) is 4.20. The average Bonchev–Trinajstić information content (AvgIpc) is 3.31. The maximum absolute atomic E-state index is 11.2. The van der Waals surface area contributed by atoms with E-state index in [1.807, 2.05) is 16.9 Å². The number of nitrogens with zero attached hydrogens (tertiary/aromatic N) is 2. The van der Waals surface area contributed by atoms with Gasteiger partial charge >= 0.3 is 0 Å². The van der Waals surface area contributed by atoms with Gasteiger partial charge in [0.1, 0.15) is 18.3 Å². The molecule has 2 heterocycles. The van der Waals surface area contributed by atoms with E-state index in [1.165, 1.54) is 19.3 Å². The van der Waals surface area contributed by atoms with Gasteiger partial charge in [-0.3, -0.25) is 4.68 Å². The van der Waals surface area contributed by atoms with E-state index in [-0.39, 0.29) is 0 Å². The first-order valence-corrected chi connectivity index (χ1v) is 11.0. The van der Waals surface area contributed by atoms with Crippen LogP contribution in [0.15, 0.2) is 42.7 Å². The van der Waals surface area contributed by atoms with Crippen LogP contribution in [0.25, 0.3) is 0 Å². The number of benzene rings is 1. The number of aliphatic hydroxyl groups excluding tert-OH is 3. The second kappa shape index (κ2) is 9.87. The summed E-state index contributed by atoms with van der Waals surface area (Å²) in [6, 6.07) is 9.35. The summed E-state index contributed by atoms with van der Waals surface area (Å²) in [4.78, 5) is 0. The number of hydrogen-bond acceptors (Lipinski definition) is 6. The van der Waals surface area contributed by atoms with Crippen molar-refractivity contribution >= 4 is 0 Å². The standard InChI is InChI=1S/C25H28N2O5/c28-17-21-23(29)24(30)25(31,14-13-18-7-3-1-4-8-18)22(32-21)12-11-19-15-26-27(16-19)20-9-5-2-6-10-20/h1,3-4,7-8,15-16,20-24,28-31H,2,5-6,9-10,17H2/t21-,22-,23-,24+,25-/m1/s1. The molecule has 32 heavy (non-hydrogen) atoms. The van der Waals surface area contributed by atoms with Crippen molar-refractivity contribution in [3.05, 3.63) is 53.9 Å². The smallest absolute Gasteiger partial charge is 0.191 e. The summed E-state index contributed by atoms with van der Waals surface area (Å²) < 4.78 is 7.59. The van der Waals surface area contributed by atoms with Gasteiger partial charge in [-0.2, -0.15) is 5.10 Å². The van der Waals surface area contributed by atoms with E-state index < -0.39 is 36.6 Å². The molecular formula is C25H28N2O5. The highest BCUT2D eigenvalue weighted by atomic mass is 16.5. The largest absolute Gasteiger partial charge is 0.394 e. The van der Waals surface area contributed by atoms with Crippen LogP contribution in [0.2, 0.25) is 0 Å². The van der Waals surface area contributed by atoms with E-state index in [4.69, 9.17) is 4.74 Å². The van der Waals surface area contributed by atoms with Gasteiger partial charge in [-0.1, -0.05) is 61.1 Å². The summed E-state index contributed by atoms with van der Waals surface area (Å²) in [6.07, 6.45) is 3.84. The van der Waals surface area contributed by atoms with Gasteiger partial charge in [-0.25, -0.2) is 0 Å². The highest BCUT2D eigenvalue weighted by molar-refractivity contribution is 5.41. The topological polar surface area (TPSA) is 108 Å². The molecule has 1 saturated carbocycles. The third kappa shape index (κ3) is 4.73. The zero-order chi connectivity index (χ0) is 22.6. The van der Waals surface area contributed by atoms with Crippen molar-refractivity contribution in [2.24, 2.45) is 0 Å². The van der Waals surface area contributed by atoms with Crippen LogP contribution in [0.3, 0.4) is 0 Å². The van der Waals surface area contributed by atoms with Gasteiger partial charge in [0.25, 0.3) is 0 Å². The molecule has 7 nitrogen and oxygen atoms in total. The van der Waals surface area contributed by atoms with Gasteiger partial charge in [-0.05, 0) is 25.0 Å². The van der Waals surface area contributed by atoms with E-state index in [1.54, 1.807) is 30.5 Å². The lowest BCUT2D eigenvalue weighted by Crippen LogP contribution is -2.65. The lowest BCUT2D eigenvalue weighted by Gasteiger charge is -2.43. The molecule has 0 radical (unpaired) electrons. The molecule has 2 fully saturated rings. The van der Waals surface area contributed by atoms with Crippen LogP contribution in [0.1, 0.15) is 49.3 Å². The first-order chi connectivity index (χ1) is 15.5. The van der Waals surface area contributed by atoms with Crippen molar-refractivity contribution in [1.29, 1.82) is 0 Å². The molecule has 4 rings (SSSR count). The van der Waals surface area contributed by atoms with Crippen LogP contribution >= 0.6 is 0 Å². The number of aliphatic hydroxyl groups is 4. The molecule has 4 N–H and O–H groups in total. The van der Waals surface area contributed by atoms with Gasteiger partial charge < -0.3 is 25.2 Å². The zero-order valence-electron chi connectivity index (χ0n) is 17.8. The summed E-state index contributed by atoms with van der Waals surface area (Å²) in [5, 5.41) is 46.1. The Hall–Kier alpha value is -2.65. The van der Waals surface area contributed by atoms with E-state index >= 15 is 0 Å². The number of aromatic nitrogens is 2. The molecule has 7 heteroatoms. The number of ether oxygens (including phenoxy) is 1. The molecule has 0 amide bonds. The molecule has 2 aliphatic rings. The Morgan fingerprint density at radius 2 is 1.81 bits per heavy atom. The number of rotatable bonds is 2. The normalized spacial score (nSPS) is 30.6. The van der Waals surface area contributed by atoms with Crippen molar-refractivity contribution in [1.82, 2.24) is 9.78 Å². The van der Waals surface area contributed by atoms with Crippen LogP contribution in [-0.4, -0.2) is 66.8 Å². The second-order valence-corrected chi connectivity index (χ2v) is 8.38. The first-order valence-electron chi connectivity index (χ1n) is 11.0. The molecule has 0 spiro atoms. The molecule has 0 unspecified atom stereocenters. The molecule has 1 aromatic heterocycles. The van der Waals surface area contributed by atoms with Gasteiger partial charge in [0.2, 0.25) is 0 Å². The van der Waals surface area contributed by atoms with E-state index in [2.05, 4.69) is 28.8 Å². The minimum Gasteiger partial charge on any atom is -0.394 e. The van der Waals surface area contributed by atoms with E-state index in [0.29, 0.717) is 17.2 Å². The molecule has 1 aromatic carbocycles. The summed E-state index contributed by atoms with van der Waals surface area (Å²) >= 11 is 0. The summed E-state index contributed by atoms with van der Waals surface area (Å²) in [6.45, 7) is -0.530. The van der Waals surface area contributed by atoms with Gasteiger partial charge in [-0.15, -0.1) is 0 Å². The van der Waals surface area contributed by atoms with E-state index in [9.17, 15) is 20.4 Å². The summed E-state index contributed by atoms with van der Waals surface area (Å²) in [7, 11) is 0. The van der Waals surface area contributed by atoms with Crippen molar-refractivity contribution < 1.29 is 25.2 Å². The number of hydrogen-bond donors (Lipinski definition) is 4. The van der Waals surface area contributed by atoms with Gasteiger partial charge in [0.15, 0.2) is 11.7 Å². The molecule has 1 aliphatic carbocycles. The molecule has 1 aliphatic heterocycles. The Kier molecular flexibility index (Phi) is 6.95. The summed E-state index contributed by atoms with van der Waals surface area (Å²) in [5.41, 5.74) is -0.862. The molecule has 2 aromatic rings. The molecule has 5 atom stereocenters. The maximum atomic E-state index is 11.2. The molecule has 168 valence electrons. The highest BCUT2D eigenvalue weighted by Gasteiger charge is 2.53. The van der Waals surface area contributed by atoms with Crippen LogP contribution in [0.4, 0.5) is 0 Å². The Labute approximate surface area is 187 Å². The van der Waals surface area contributed by atoms with Crippen molar-refractivity contribution in [2.75, 3.05) is 6.61 Å². The third-order valence-electron chi connectivity index (χ3n) is 6.12. The van der Waals surface area contributed by atoms with Gasteiger partial charge in [0, 0.05) is 11.8 Å². The van der Waals surface area contributed by atoms with Crippen LogP contribution < -0.4 is 0 Å². The predicted octanol–water partition coefficient (Wildman–Crippen LogP) is 1.00. The Bertz CT molecular complexity index is 1030. The summed E-state index contributed by atoms with van der Waals surface area (Å²) in [5.74, 6) is 11.2. The van der Waals surface area contributed by atoms with Crippen molar-refractivity contribution in [2.45, 2.75) is 68.2 Å². The highest BCUT2D eigenvalue weighted by Crippen LogP contribution is 2.30. The predicted molar refractivity (Wildman–Crippen MR) is 117 cm³/mol. The quantitative estimate of drug-likeness (QED) is 0.524. The second-order valence-electron chi connectivity index (χ2n) is 8.38. The monoisotopic (exact) mass is 436 g/mol.